The minimum absolute atomic E-state index is 0.414. The molecule has 2 aliphatic carbocycles. The van der Waals surface area contributed by atoms with Crippen molar-refractivity contribution in [1.82, 2.24) is 4.98 Å². The van der Waals surface area contributed by atoms with E-state index in [0.717, 1.165) is 19.3 Å². The molecule has 2 heteroatoms. The number of fused-ring (bicyclic) bond motifs is 6. The number of nitrogens with one attached hydrogen (secondary N) is 1. The van der Waals surface area contributed by atoms with Crippen LogP contribution in [0, 0.1) is 0 Å². The van der Waals surface area contributed by atoms with E-state index in [-0.39, 0.29) is 0 Å². The Morgan fingerprint density at radius 1 is 0.750 bits per heavy atom. The number of aromatic nitrogens is 1. The lowest BCUT2D eigenvalue weighted by Crippen LogP contribution is -2.16. The van der Waals surface area contributed by atoms with E-state index in [2.05, 4.69) is 107 Å². The molecule has 154 valence electrons. The average Bonchev–Trinajstić information content (AvgIpc) is 3.39. The molecule has 0 spiro atoms. The Kier molecular flexibility index (Phi) is 3.83. The average molecular weight is 413 g/mol. The number of para-hydroxylation sites is 3. The molecule has 1 aromatic heterocycles. The van der Waals surface area contributed by atoms with Crippen molar-refractivity contribution in [2.24, 2.45) is 0 Å². The summed E-state index contributed by atoms with van der Waals surface area (Å²) in [6, 6.07) is 28.3. The zero-order valence-electron chi connectivity index (χ0n) is 17.9. The molecule has 7 rings (SSSR count). The summed E-state index contributed by atoms with van der Waals surface area (Å²) >= 11 is 0. The third kappa shape index (κ3) is 2.59. The molecule has 1 aliphatic heterocycles. The molecule has 1 atom stereocenters. The number of anilines is 2. The van der Waals surface area contributed by atoms with Gasteiger partial charge in [-0.25, -0.2) is 0 Å². The van der Waals surface area contributed by atoms with Crippen LogP contribution in [-0.4, -0.2) is 4.98 Å². The zero-order chi connectivity index (χ0) is 21.1. The maximum absolute atomic E-state index is 3.63. The van der Waals surface area contributed by atoms with Gasteiger partial charge in [-0.1, -0.05) is 60.7 Å². The summed E-state index contributed by atoms with van der Waals surface area (Å²) in [5, 5.41) is 1.34. The van der Waals surface area contributed by atoms with Crippen molar-refractivity contribution in [2.45, 2.75) is 25.2 Å². The minimum Gasteiger partial charge on any atom is -0.358 e. The topological polar surface area (TPSA) is 19.0 Å². The molecule has 32 heavy (non-hydrogen) atoms. The number of benzene rings is 3. The summed E-state index contributed by atoms with van der Waals surface area (Å²) in [6.45, 7) is 0. The first-order chi connectivity index (χ1) is 15.9. The van der Waals surface area contributed by atoms with Crippen LogP contribution in [-0.2, 0) is 6.42 Å². The number of aryl methyl sites for hydroxylation is 1. The second kappa shape index (κ2) is 6.86. The second-order valence-corrected chi connectivity index (χ2v) is 9.00. The van der Waals surface area contributed by atoms with Gasteiger partial charge in [-0.15, -0.1) is 0 Å². The smallest absolute Gasteiger partial charge is 0.0497 e. The number of hydrogen-bond acceptors (Lipinski definition) is 1. The Bertz CT molecular complexity index is 1450. The monoisotopic (exact) mass is 412 g/mol. The summed E-state index contributed by atoms with van der Waals surface area (Å²) in [6.07, 6.45) is 10.4. The van der Waals surface area contributed by atoms with Gasteiger partial charge >= 0.3 is 0 Å². The van der Waals surface area contributed by atoms with E-state index in [9.17, 15) is 0 Å². The van der Waals surface area contributed by atoms with Crippen LogP contribution in [0.4, 0.5) is 11.4 Å². The van der Waals surface area contributed by atoms with Gasteiger partial charge in [0.25, 0.3) is 0 Å². The normalized spacial score (nSPS) is 19.1. The first kappa shape index (κ1) is 17.9. The van der Waals surface area contributed by atoms with Gasteiger partial charge in [0.1, 0.15) is 0 Å². The van der Waals surface area contributed by atoms with Crippen LogP contribution in [0.1, 0.15) is 35.6 Å². The number of nitrogens with zero attached hydrogens (tertiary/aromatic N) is 1. The Morgan fingerprint density at radius 3 is 2.50 bits per heavy atom. The van der Waals surface area contributed by atoms with Gasteiger partial charge in [-0.3, -0.25) is 0 Å². The molecule has 0 saturated carbocycles. The highest BCUT2D eigenvalue weighted by Gasteiger charge is 2.36. The van der Waals surface area contributed by atoms with Crippen LogP contribution in [0.25, 0.3) is 17.0 Å². The van der Waals surface area contributed by atoms with Gasteiger partial charge in [-0.2, -0.15) is 0 Å². The SMILES string of the molecule is C1=C(C2=CC=C3C(C2)c2ccccc2N3c2ccccc2)CCc2[nH]c3ccccc3c21. The third-order valence-corrected chi connectivity index (χ3v) is 7.27. The highest BCUT2D eigenvalue weighted by molar-refractivity contribution is 5.92. The molecular weight excluding hydrogens is 388 g/mol. The van der Waals surface area contributed by atoms with Gasteiger partial charge in [0, 0.05) is 45.2 Å². The molecule has 3 aliphatic rings. The summed E-state index contributed by atoms with van der Waals surface area (Å²) in [4.78, 5) is 6.08. The van der Waals surface area contributed by atoms with Gasteiger partial charge < -0.3 is 9.88 Å². The van der Waals surface area contributed by atoms with E-state index in [4.69, 9.17) is 0 Å². The maximum Gasteiger partial charge on any atom is 0.0497 e. The predicted octanol–water partition coefficient (Wildman–Crippen LogP) is 7.65. The van der Waals surface area contributed by atoms with Crippen molar-refractivity contribution in [2.75, 3.05) is 4.90 Å². The Hall–Kier alpha value is -3.78. The molecular formula is C30H24N2. The largest absolute Gasteiger partial charge is 0.358 e. The van der Waals surface area contributed by atoms with E-state index in [0.29, 0.717) is 5.92 Å². The molecule has 1 unspecified atom stereocenters. The molecule has 4 aromatic rings. The summed E-state index contributed by atoms with van der Waals surface area (Å²) < 4.78 is 0. The minimum atomic E-state index is 0.414. The highest BCUT2D eigenvalue weighted by Crippen LogP contribution is 2.52. The third-order valence-electron chi connectivity index (χ3n) is 7.27. The number of hydrogen-bond donors (Lipinski definition) is 1. The summed E-state index contributed by atoms with van der Waals surface area (Å²) in [5.41, 5.74) is 12.4. The fraction of sp³-hybridized carbons (Fsp3) is 0.133. The van der Waals surface area contributed by atoms with Crippen molar-refractivity contribution in [1.29, 1.82) is 0 Å². The van der Waals surface area contributed by atoms with Crippen LogP contribution in [0.15, 0.2) is 108 Å². The van der Waals surface area contributed by atoms with Crippen molar-refractivity contribution < 1.29 is 0 Å². The fourth-order valence-corrected chi connectivity index (χ4v) is 5.76. The van der Waals surface area contributed by atoms with Crippen LogP contribution in [0.3, 0.4) is 0 Å². The van der Waals surface area contributed by atoms with Crippen LogP contribution in [0.5, 0.6) is 0 Å². The van der Waals surface area contributed by atoms with Crippen LogP contribution in [0.2, 0.25) is 0 Å². The molecule has 1 N–H and O–H groups in total. The molecule has 0 fully saturated rings. The first-order valence-corrected chi connectivity index (χ1v) is 11.5. The molecule has 0 saturated heterocycles. The van der Waals surface area contributed by atoms with E-state index in [1.165, 1.54) is 55.9 Å². The van der Waals surface area contributed by atoms with Crippen LogP contribution < -0.4 is 4.90 Å². The molecule has 2 nitrogen and oxygen atoms in total. The van der Waals surface area contributed by atoms with Gasteiger partial charge in [0.2, 0.25) is 0 Å². The summed E-state index contributed by atoms with van der Waals surface area (Å²) in [5.74, 6) is 0.414. The quantitative estimate of drug-likeness (QED) is 0.358. The Labute approximate surface area is 188 Å². The summed E-state index contributed by atoms with van der Waals surface area (Å²) in [7, 11) is 0. The second-order valence-electron chi connectivity index (χ2n) is 9.00. The van der Waals surface area contributed by atoms with Crippen molar-refractivity contribution in [3.05, 3.63) is 125 Å². The molecule has 0 bridgehead atoms. The van der Waals surface area contributed by atoms with E-state index in [1.807, 2.05) is 0 Å². The van der Waals surface area contributed by atoms with Crippen molar-refractivity contribution in [3.63, 3.8) is 0 Å². The molecule has 2 heterocycles. The van der Waals surface area contributed by atoms with Gasteiger partial charge in [0.15, 0.2) is 0 Å². The fourth-order valence-electron chi connectivity index (χ4n) is 5.76. The number of H-pyrrole nitrogens is 1. The van der Waals surface area contributed by atoms with E-state index < -0.39 is 0 Å². The standard InChI is InChI=1S/C30H24N2/c1-2-8-22(9-3-1)32-29-13-7-5-11-24(29)26-19-21(15-17-30(26)32)20-14-16-28-25(18-20)23-10-4-6-12-27(23)31-28/h1-13,15,17-18,26,31H,14,16,19H2. The van der Waals surface area contributed by atoms with Crippen molar-refractivity contribution in [3.8, 4) is 0 Å². The van der Waals surface area contributed by atoms with Crippen LogP contribution >= 0.6 is 0 Å². The van der Waals surface area contributed by atoms with Gasteiger partial charge in [0.05, 0.1) is 0 Å². The van der Waals surface area contributed by atoms with E-state index in [1.54, 1.807) is 0 Å². The maximum atomic E-state index is 3.63. The molecule has 0 amide bonds. The van der Waals surface area contributed by atoms with Crippen molar-refractivity contribution >= 4 is 28.4 Å². The molecule has 0 radical (unpaired) electrons. The lowest BCUT2D eigenvalue weighted by molar-refractivity contribution is 0.772. The highest BCUT2D eigenvalue weighted by atomic mass is 15.2. The predicted molar refractivity (Wildman–Crippen MR) is 133 cm³/mol. The Morgan fingerprint density at radius 2 is 1.56 bits per heavy atom. The molecule has 3 aromatic carbocycles. The number of rotatable bonds is 2. The van der Waals surface area contributed by atoms with E-state index >= 15 is 0 Å². The zero-order valence-corrected chi connectivity index (χ0v) is 17.9. The Balaban J connectivity index is 1.32. The first-order valence-electron chi connectivity index (χ1n) is 11.5. The number of aromatic amines is 1. The lowest BCUT2D eigenvalue weighted by Gasteiger charge is -2.27. The lowest BCUT2D eigenvalue weighted by atomic mass is 9.81. The number of allylic oxidation sites excluding steroid dienone is 5. The van der Waals surface area contributed by atoms with Gasteiger partial charge in [-0.05, 0) is 72.4 Å².